The molecule has 0 saturated carbocycles. The molecule has 0 radical (unpaired) electrons. The molecule has 0 aliphatic carbocycles. The van der Waals surface area contributed by atoms with Gasteiger partial charge in [0.1, 0.15) is 0 Å². The molecule has 1 unspecified atom stereocenters. The van der Waals surface area contributed by atoms with Gasteiger partial charge in [-0.2, -0.15) is 0 Å². The third-order valence-corrected chi connectivity index (χ3v) is 3.86. The minimum Gasteiger partial charge on any atom is -0.378 e. The maximum Gasteiger partial charge on any atom is 0.270 e. The summed E-state index contributed by atoms with van der Waals surface area (Å²) in [5.74, 6) is 0. The molecule has 1 aliphatic heterocycles. The molecule has 1 heterocycles. The first-order chi connectivity index (χ1) is 8.00. The Morgan fingerprint density at radius 2 is 2.35 bits per heavy atom. The molecular weight excluding hydrogens is 333 g/mol. The Kier molecular flexibility index (Phi) is 3.53. The fraction of sp³-hybridized carbons (Fsp3) is 0.455. The number of non-ortho nitro benzene ring substituents is 1. The van der Waals surface area contributed by atoms with Crippen molar-refractivity contribution in [2.45, 2.75) is 18.9 Å². The van der Waals surface area contributed by atoms with Gasteiger partial charge < -0.3 is 10.6 Å². The van der Waals surface area contributed by atoms with Gasteiger partial charge in [-0.25, -0.2) is 0 Å². The van der Waals surface area contributed by atoms with Gasteiger partial charge in [-0.05, 0) is 48.5 Å². The van der Waals surface area contributed by atoms with Crippen molar-refractivity contribution in [1.29, 1.82) is 0 Å². The Hall–Kier alpha value is -0.890. The van der Waals surface area contributed by atoms with Crippen LogP contribution in [0.4, 0.5) is 11.4 Å². The van der Waals surface area contributed by atoms with Gasteiger partial charge in [0.25, 0.3) is 5.69 Å². The highest BCUT2D eigenvalue weighted by Gasteiger charge is 2.28. The zero-order valence-corrected chi connectivity index (χ0v) is 11.7. The molecule has 2 rings (SSSR count). The van der Waals surface area contributed by atoms with E-state index in [2.05, 4.69) is 40.1 Å². The van der Waals surface area contributed by atoms with Crippen molar-refractivity contribution in [3.8, 4) is 0 Å². The summed E-state index contributed by atoms with van der Waals surface area (Å²) in [7, 11) is 0. The van der Waals surface area contributed by atoms with Crippen LogP contribution in [0.5, 0.6) is 0 Å². The van der Waals surface area contributed by atoms with Gasteiger partial charge in [-0.1, -0.05) is 0 Å². The highest BCUT2D eigenvalue weighted by molar-refractivity contribution is 14.1. The molecule has 0 bridgehead atoms. The van der Waals surface area contributed by atoms with E-state index < -0.39 is 0 Å². The van der Waals surface area contributed by atoms with Crippen LogP contribution in [-0.2, 0) is 0 Å². The Balaban J connectivity index is 2.19. The van der Waals surface area contributed by atoms with Gasteiger partial charge in [-0.3, -0.25) is 10.1 Å². The molecule has 0 amide bonds. The Bertz CT molecular complexity index is 444. The van der Waals surface area contributed by atoms with Gasteiger partial charge in [0.2, 0.25) is 0 Å². The summed E-state index contributed by atoms with van der Waals surface area (Å²) in [6.45, 7) is 4.08. The number of hydrogen-bond donors (Lipinski definition) is 2. The van der Waals surface area contributed by atoms with Gasteiger partial charge in [0.15, 0.2) is 0 Å². The molecule has 1 atom stereocenters. The highest BCUT2D eigenvalue weighted by atomic mass is 127. The summed E-state index contributed by atoms with van der Waals surface area (Å²) >= 11 is 2.13. The maximum atomic E-state index is 10.6. The lowest BCUT2D eigenvalue weighted by Gasteiger charge is -2.26. The van der Waals surface area contributed by atoms with Crippen molar-refractivity contribution in [3.05, 3.63) is 31.9 Å². The lowest BCUT2D eigenvalue weighted by molar-refractivity contribution is -0.384. The van der Waals surface area contributed by atoms with E-state index in [1.807, 2.05) is 0 Å². The van der Waals surface area contributed by atoms with E-state index in [-0.39, 0.29) is 16.1 Å². The van der Waals surface area contributed by atoms with Crippen molar-refractivity contribution in [1.82, 2.24) is 5.32 Å². The lowest BCUT2D eigenvalue weighted by atomic mass is 10.0. The molecule has 1 aliphatic rings. The predicted molar refractivity (Wildman–Crippen MR) is 75.3 cm³/mol. The van der Waals surface area contributed by atoms with Crippen molar-refractivity contribution in [2.24, 2.45) is 0 Å². The molecule has 1 aromatic rings. The van der Waals surface area contributed by atoms with Crippen LogP contribution in [0.15, 0.2) is 18.2 Å². The summed E-state index contributed by atoms with van der Waals surface area (Å²) in [4.78, 5) is 10.3. The molecule has 1 fully saturated rings. The van der Waals surface area contributed by atoms with E-state index in [1.54, 1.807) is 12.1 Å². The summed E-state index contributed by atoms with van der Waals surface area (Å²) in [5.41, 5.74) is 1.13. The van der Waals surface area contributed by atoms with Crippen LogP contribution in [0.25, 0.3) is 0 Å². The fourth-order valence-electron chi connectivity index (χ4n) is 1.97. The maximum absolute atomic E-state index is 10.6. The number of nitro benzene ring substituents is 1. The van der Waals surface area contributed by atoms with Crippen LogP contribution in [0.3, 0.4) is 0 Å². The quantitative estimate of drug-likeness (QED) is 0.501. The molecule has 17 heavy (non-hydrogen) atoms. The molecule has 92 valence electrons. The first kappa shape index (κ1) is 12.6. The topological polar surface area (TPSA) is 67.2 Å². The van der Waals surface area contributed by atoms with Crippen LogP contribution < -0.4 is 10.6 Å². The van der Waals surface area contributed by atoms with Crippen LogP contribution in [-0.4, -0.2) is 23.6 Å². The smallest absolute Gasteiger partial charge is 0.270 e. The van der Waals surface area contributed by atoms with Crippen molar-refractivity contribution in [3.63, 3.8) is 0 Å². The predicted octanol–water partition coefficient (Wildman–Crippen LogP) is 2.36. The van der Waals surface area contributed by atoms with Crippen molar-refractivity contribution >= 4 is 34.0 Å². The summed E-state index contributed by atoms with van der Waals surface area (Å²) in [6, 6.07) is 4.91. The summed E-state index contributed by atoms with van der Waals surface area (Å²) in [6.07, 6.45) is 1.06. The number of hydrogen-bond acceptors (Lipinski definition) is 4. The highest BCUT2D eigenvalue weighted by Crippen LogP contribution is 2.28. The molecule has 6 heteroatoms. The average molecular weight is 347 g/mol. The third-order valence-electron chi connectivity index (χ3n) is 2.97. The first-order valence-electron chi connectivity index (χ1n) is 5.43. The second-order valence-corrected chi connectivity index (χ2v) is 5.70. The van der Waals surface area contributed by atoms with E-state index in [0.29, 0.717) is 0 Å². The average Bonchev–Trinajstić information content (AvgIpc) is 2.68. The normalized spacial score (nSPS) is 23.6. The number of nitro groups is 1. The zero-order chi connectivity index (χ0) is 12.5. The van der Waals surface area contributed by atoms with Crippen LogP contribution >= 0.6 is 22.6 Å². The number of rotatable bonds is 3. The SMILES string of the molecule is CC1(Nc2ccc([N+](=O)[O-])cc2I)CCNC1. The molecule has 0 aromatic heterocycles. The number of benzene rings is 1. The van der Waals surface area contributed by atoms with Crippen LogP contribution in [0.2, 0.25) is 0 Å². The standard InChI is InChI=1S/C11H14IN3O2/c1-11(4-5-13-7-11)14-10-3-2-8(15(16)17)6-9(10)12/h2-3,6,13-14H,4-5,7H2,1H3. The van der Waals surface area contributed by atoms with Gasteiger partial charge in [0, 0.05) is 33.5 Å². The monoisotopic (exact) mass is 347 g/mol. The molecule has 5 nitrogen and oxygen atoms in total. The van der Waals surface area contributed by atoms with Crippen molar-refractivity contribution in [2.75, 3.05) is 18.4 Å². The van der Waals surface area contributed by atoms with E-state index in [1.165, 1.54) is 6.07 Å². The number of nitrogens with one attached hydrogen (secondary N) is 2. The first-order valence-corrected chi connectivity index (χ1v) is 6.51. The number of nitrogens with zero attached hydrogens (tertiary/aromatic N) is 1. The number of anilines is 1. The van der Waals surface area contributed by atoms with Crippen LogP contribution in [0.1, 0.15) is 13.3 Å². The Morgan fingerprint density at radius 3 is 2.88 bits per heavy atom. The van der Waals surface area contributed by atoms with Gasteiger partial charge in [-0.15, -0.1) is 0 Å². The molecule has 1 saturated heterocycles. The fourth-order valence-corrected chi connectivity index (χ4v) is 2.60. The second kappa shape index (κ2) is 4.77. The van der Waals surface area contributed by atoms with Crippen LogP contribution in [0, 0.1) is 13.7 Å². The minimum atomic E-state index is -0.370. The second-order valence-electron chi connectivity index (χ2n) is 4.53. The van der Waals surface area contributed by atoms with Crippen molar-refractivity contribution < 1.29 is 4.92 Å². The molecule has 0 spiro atoms. The van der Waals surface area contributed by atoms with E-state index in [0.717, 1.165) is 28.8 Å². The Labute approximate surface area is 113 Å². The van der Waals surface area contributed by atoms with Gasteiger partial charge in [0.05, 0.1) is 4.92 Å². The number of halogens is 1. The molecular formula is C11H14IN3O2. The zero-order valence-electron chi connectivity index (χ0n) is 9.50. The summed E-state index contributed by atoms with van der Waals surface area (Å²) in [5, 5.41) is 17.4. The summed E-state index contributed by atoms with van der Waals surface area (Å²) < 4.78 is 0.880. The molecule has 2 N–H and O–H groups in total. The Morgan fingerprint density at radius 1 is 1.59 bits per heavy atom. The largest absolute Gasteiger partial charge is 0.378 e. The lowest BCUT2D eigenvalue weighted by Crippen LogP contribution is -2.37. The van der Waals surface area contributed by atoms with Gasteiger partial charge >= 0.3 is 0 Å². The van der Waals surface area contributed by atoms with E-state index in [4.69, 9.17) is 0 Å². The third kappa shape index (κ3) is 2.86. The van der Waals surface area contributed by atoms with E-state index >= 15 is 0 Å². The minimum absolute atomic E-state index is 0.0378. The van der Waals surface area contributed by atoms with E-state index in [9.17, 15) is 10.1 Å². The molecule has 1 aromatic carbocycles.